The van der Waals surface area contributed by atoms with Gasteiger partial charge in [0.05, 0.1) is 0 Å². The van der Waals surface area contributed by atoms with Crippen LogP contribution in [0, 0.1) is 5.92 Å². The Balaban J connectivity index is 1.96. The molecule has 1 fully saturated rings. The van der Waals surface area contributed by atoms with Crippen LogP contribution in [0.4, 0.5) is 0 Å². The van der Waals surface area contributed by atoms with Crippen molar-refractivity contribution in [2.75, 3.05) is 33.8 Å². The Morgan fingerprint density at radius 2 is 2.00 bits per heavy atom. The van der Waals surface area contributed by atoms with Crippen molar-refractivity contribution in [2.45, 2.75) is 19.0 Å². The maximum Gasteiger partial charge on any atom is 0.0475 e. The van der Waals surface area contributed by atoms with Gasteiger partial charge < -0.3 is 10.0 Å². The van der Waals surface area contributed by atoms with Gasteiger partial charge in [0, 0.05) is 25.7 Å². The van der Waals surface area contributed by atoms with E-state index < -0.39 is 0 Å². The van der Waals surface area contributed by atoms with E-state index >= 15 is 0 Å². The average molecular weight is 248 g/mol. The maximum absolute atomic E-state index is 9.44. The molecule has 3 heteroatoms. The van der Waals surface area contributed by atoms with Crippen molar-refractivity contribution in [1.82, 2.24) is 9.80 Å². The zero-order valence-electron chi connectivity index (χ0n) is 11.4. The molecule has 0 aromatic heterocycles. The molecule has 1 aromatic rings. The number of aliphatic hydroxyl groups excluding tert-OH is 1. The van der Waals surface area contributed by atoms with Crippen molar-refractivity contribution in [2.24, 2.45) is 5.92 Å². The highest BCUT2D eigenvalue weighted by atomic mass is 16.3. The van der Waals surface area contributed by atoms with Crippen LogP contribution in [-0.4, -0.2) is 54.7 Å². The van der Waals surface area contributed by atoms with Crippen LogP contribution in [0.5, 0.6) is 0 Å². The molecule has 1 aliphatic heterocycles. The number of hydrogen-bond donors (Lipinski definition) is 1. The van der Waals surface area contributed by atoms with Gasteiger partial charge in [-0.25, -0.2) is 0 Å². The van der Waals surface area contributed by atoms with E-state index in [9.17, 15) is 5.11 Å². The summed E-state index contributed by atoms with van der Waals surface area (Å²) in [6, 6.07) is 11.1. The zero-order valence-corrected chi connectivity index (χ0v) is 11.4. The standard InChI is InChI=1S/C15H24N2O/c1-16(2)15-11-17(9-8-14(15)12-18)10-13-6-4-3-5-7-13/h3-7,14-15,18H,8-12H2,1-2H3/t14-,15-/m0/s1. The predicted molar refractivity (Wildman–Crippen MR) is 74.4 cm³/mol. The smallest absolute Gasteiger partial charge is 0.0475 e. The van der Waals surface area contributed by atoms with E-state index in [0.29, 0.717) is 18.6 Å². The Morgan fingerprint density at radius 3 is 2.61 bits per heavy atom. The Kier molecular flexibility index (Phi) is 4.75. The van der Waals surface area contributed by atoms with Crippen molar-refractivity contribution in [1.29, 1.82) is 0 Å². The fraction of sp³-hybridized carbons (Fsp3) is 0.600. The summed E-state index contributed by atoms with van der Waals surface area (Å²) in [6.45, 7) is 3.46. The second kappa shape index (κ2) is 6.32. The Morgan fingerprint density at radius 1 is 1.28 bits per heavy atom. The van der Waals surface area contributed by atoms with Gasteiger partial charge in [-0.2, -0.15) is 0 Å². The van der Waals surface area contributed by atoms with Crippen molar-refractivity contribution in [3.8, 4) is 0 Å². The van der Waals surface area contributed by atoms with Gasteiger partial charge in [-0.05, 0) is 38.5 Å². The van der Waals surface area contributed by atoms with Crippen LogP contribution in [-0.2, 0) is 6.54 Å². The van der Waals surface area contributed by atoms with Crippen molar-refractivity contribution >= 4 is 0 Å². The summed E-state index contributed by atoms with van der Waals surface area (Å²) in [5.41, 5.74) is 1.37. The number of benzene rings is 1. The van der Waals surface area contributed by atoms with Crippen LogP contribution in [0.3, 0.4) is 0 Å². The van der Waals surface area contributed by atoms with Gasteiger partial charge >= 0.3 is 0 Å². The number of aliphatic hydroxyl groups is 1. The highest BCUT2D eigenvalue weighted by Crippen LogP contribution is 2.22. The quantitative estimate of drug-likeness (QED) is 0.873. The van der Waals surface area contributed by atoms with E-state index in [0.717, 1.165) is 26.1 Å². The predicted octanol–water partition coefficient (Wildman–Crippen LogP) is 1.43. The average Bonchev–Trinajstić information content (AvgIpc) is 2.40. The minimum atomic E-state index is 0.308. The highest BCUT2D eigenvalue weighted by molar-refractivity contribution is 5.14. The number of likely N-dealkylation sites (N-methyl/N-ethyl adjacent to an activating group) is 1. The van der Waals surface area contributed by atoms with Gasteiger partial charge in [0.1, 0.15) is 0 Å². The monoisotopic (exact) mass is 248 g/mol. The minimum absolute atomic E-state index is 0.308. The summed E-state index contributed by atoms with van der Waals surface area (Å²) < 4.78 is 0. The third-order valence-corrected chi connectivity index (χ3v) is 3.95. The molecule has 1 saturated heterocycles. The lowest BCUT2D eigenvalue weighted by molar-refractivity contribution is 0.0461. The van der Waals surface area contributed by atoms with Crippen LogP contribution in [0.2, 0.25) is 0 Å². The molecule has 0 bridgehead atoms. The zero-order chi connectivity index (χ0) is 13.0. The summed E-state index contributed by atoms with van der Waals surface area (Å²) in [7, 11) is 4.22. The van der Waals surface area contributed by atoms with Gasteiger partial charge in [-0.1, -0.05) is 30.3 Å². The number of piperidine rings is 1. The normalized spacial score (nSPS) is 25.6. The minimum Gasteiger partial charge on any atom is -0.396 e. The van der Waals surface area contributed by atoms with E-state index in [1.165, 1.54) is 5.56 Å². The first kappa shape index (κ1) is 13.5. The molecule has 0 amide bonds. The summed E-state index contributed by atoms with van der Waals surface area (Å²) in [5.74, 6) is 0.423. The van der Waals surface area contributed by atoms with Crippen LogP contribution >= 0.6 is 0 Å². The van der Waals surface area contributed by atoms with Gasteiger partial charge in [0.2, 0.25) is 0 Å². The second-order valence-corrected chi connectivity index (χ2v) is 5.48. The molecule has 3 nitrogen and oxygen atoms in total. The molecule has 18 heavy (non-hydrogen) atoms. The molecule has 0 unspecified atom stereocenters. The summed E-state index contributed by atoms with van der Waals surface area (Å²) in [4.78, 5) is 4.74. The number of nitrogens with zero attached hydrogens (tertiary/aromatic N) is 2. The van der Waals surface area contributed by atoms with Gasteiger partial charge in [-0.3, -0.25) is 4.90 Å². The lowest BCUT2D eigenvalue weighted by Gasteiger charge is -2.41. The fourth-order valence-corrected chi connectivity index (χ4v) is 2.83. The number of likely N-dealkylation sites (tertiary alicyclic amines) is 1. The lowest BCUT2D eigenvalue weighted by atomic mass is 9.91. The summed E-state index contributed by atoms with van der Waals surface area (Å²) >= 11 is 0. The topological polar surface area (TPSA) is 26.7 Å². The molecule has 0 spiro atoms. The van der Waals surface area contributed by atoms with E-state index in [-0.39, 0.29) is 0 Å². The number of rotatable bonds is 4. The third-order valence-electron chi connectivity index (χ3n) is 3.95. The SMILES string of the molecule is CN(C)[C@H]1CN(Cc2ccccc2)CC[C@H]1CO. The Hall–Kier alpha value is -0.900. The van der Waals surface area contributed by atoms with E-state index in [2.05, 4.69) is 54.2 Å². The summed E-state index contributed by atoms with van der Waals surface area (Å²) in [5, 5.41) is 9.44. The van der Waals surface area contributed by atoms with Crippen molar-refractivity contribution in [3.63, 3.8) is 0 Å². The fourth-order valence-electron chi connectivity index (χ4n) is 2.83. The molecule has 1 aliphatic rings. The molecule has 1 aromatic carbocycles. The molecule has 2 atom stereocenters. The Bertz CT molecular complexity index is 353. The van der Waals surface area contributed by atoms with E-state index in [1.54, 1.807) is 0 Å². The molecule has 2 rings (SSSR count). The third kappa shape index (κ3) is 3.31. The maximum atomic E-state index is 9.44. The van der Waals surface area contributed by atoms with Crippen LogP contribution in [0.1, 0.15) is 12.0 Å². The summed E-state index contributed by atoms with van der Waals surface area (Å²) in [6.07, 6.45) is 1.09. The van der Waals surface area contributed by atoms with E-state index in [1.807, 2.05) is 0 Å². The highest BCUT2D eigenvalue weighted by Gasteiger charge is 2.29. The molecule has 0 saturated carbocycles. The molecule has 1 heterocycles. The molecule has 1 N–H and O–H groups in total. The second-order valence-electron chi connectivity index (χ2n) is 5.48. The largest absolute Gasteiger partial charge is 0.396 e. The van der Waals surface area contributed by atoms with E-state index in [4.69, 9.17) is 0 Å². The van der Waals surface area contributed by atoms with Crippen LogP contribution < -0.4 is 0 Å². The number of hydrogen-bond acceptors (Lipinski definition) is 3. The van der Waals surface area contributed by atoms with Crippen LogP contribution in [0.15, 0.2) is 30.3 Å². The molecule has 100 valence electrons. The first-order valence-corrected chi connectivity index (χ1v) is 6.74. The van der Waals surface area contributed by atoms with Crippen molar-refractivity contribution in [3.05, 3.63) is 35.9 Å². The van der Waals surface area contributed by atoms with Gasteiger partial charge in [0.25, 0.3) is 0 Å². The lowest BCUT2D eigenvalue weighted by Crippen LogP contribution is -2.51. The molecule has 0 aliphatic carbocycles. The first-order valence-electron chi connectivity index (χ1n) is 6.74. The molecular weight excluding hydrogens is 224 g/mol. The van der Waals surface area contributed by atoms with Crippen LogP contribution in [0.25, 0.3) is 0 Å². The van der Waals surface area contributed by atoms with Gasteiger partial charge in [-0.15, -0.1) is 0 Å². The molecular formula is C15H24N2O. The molecule has 0 radical (unpaired) electrons. The first-order chi connectivity index (χ1) is 8.70. The van der Waals surface area contributed by atoms with Gasteiger partial charge in [0.15, 0.2) is 0 Å². The Labute approximate surface area is 110 Å². The van der Waals surface area contributed by atoms with Crippen molar-refractivity contribution < 1.29 is 5.11 Å².